The molecule has 0 saturated carbocycles. The van der Waals surface area contributed by atoms with Gasteiger partial charge in [0.2, 0.25) is 0 Å². The zero-order chi connectivity index (χ0) is 26.3. The highest BCUT2D eigenvalue weighted by molar-refractivity contribution is 5.90. The van der Waals surface area contributed by atoms with Crippen molar-refractivity contribution in [2.75, 3.05) is 0 Å². The van der Waals surface area contributed by atoms with Crippen molar-refractivity contribution in [3.05, 3.63) is 93.4 Å². The number of rotatable bonds is 5. The van der Waals surface area contributed by atoms with Crippen LogP contribution in [0.5, 0.6) is 5.75 Å². The van der Waals surface area contributed by atoms with E-state index in [1.54, 1.807) is 45.0 Å². The van der Waals surface area contributed by atoms with Gasteiger partial charge < -0.3 is 18.7 Å². The number of phenolic OH excluding ortho intramolecular Hbond substituents is 1. The molecule has 0 bridgehead atoms. The van der Waals surface area contributed by atoms with Crippen molar-refractivity contribution in [3.63, 3.8) is 0 Å². The Morgan fingerprint density at radius 3 is 2.08 bits per heavy atom. The van der Waals surface area contributed by atoms with Crippen LogP contribution in [0, 0.1) is 0 Å². The predicted molar refractivity (Wildman–Crippen MR) is 133 cm³/mol. The summed E-state index contributed by atoms with van der Waals surface area (Å²) in [6.07, 6.45) is 4.99. The van der Waals surface area contributed by atoms with E-state index in [0.717, 1.165) is 9.13 Å². The minimum Gasteiger partial charge on any atom is -0.508 e. The Balaban J connectivity index is 1.85. The number of ether oxygens (including phenoxy) is 1. The third-order valence-corrected chi connectivity index (χ3v) is 5.57. The van der Waals surface area contributed by atoms with Crippen LogP contribution in [0.2, 0.25) is 0 Å². The molecule has 0 aliphatic heterocycles. The van der Waals surface area contributed by atoms with E-state index in [9.17, 15) is 19.5 Å². The van der Waals surface area contributed by atoms with Crippen LogP contribution < -0.4 is 11.2 Å². The van der Waals surface area contributed by atoms with Crippen LogP contribution in [0.3, 0.4) is 0 Å². The third kappa shape index (κ3) is 4.58. The first-order chi connectivity index (χ1) is 17.6. The molecule has 0 fully saturated rings. The molecule has 11 nitrogen and oxygen atoms in total. The molecular weight excluding hydrogens is 480 g/mol. The van der Waals surface area contributed by atoms with Gasteiger partial charge in [0.1, 0.15) is 11.4 Å². The molecule has 0 saturated heterocycles. The molecule has 0 unspecified atom stereocenters. The fourth-order valence-electron chi connectivity index (χ4n) is 3.94. The van der Waals surface area contributed by atoms with Gasteiger partial charge in [-0.2, -0.15) is 0 Å². The van der Waals surface area contributed by atoms with Gasteiger partial charge >= 0.3 is 11.8 Å². The van der Waals surface area contributed by atoms with E-state index in [-0.39, 0.29) is 35.8 Å². The van der Waals surface area contributed by atoms with Crippen LogP contribution in [0.25, 0.3) is 22.6 Å². The average Bonchev–Trinajstić information content (AvgIpc) is 3.60. The summed E-state index contributed by atoms with van der Waals surface area (Å²) in [5.41, 5.74) is -0.633. The summed E-state index contributed by atoms with van der Waals surface area (Å²) in [4.78, 5) is 45.5. The largest absolute Gasteiger partial charge is 0.508 e. The van der Waals surface area contributed by atoms with Crippen molar-refractivity contribution < 1.29 is 23.5 Å². The first-order valence-corrected chi connectivity index (χ1v) is 11.4. The number of nitrogens with zero attached hydrogens (tertiary/aromatic N) is 4. The minimum atomic E-state index is -0.874. The molecule has 1 N–H and O–H groups in total. The van der Waals surface area contributed by atoms with E-state index in [4.69, 9.17) is 13.6 Å². The predicted octanol–water partition coefficient (Wildman–Crippen LogP) is 3.80. The Kier molecular flexibility index (Phi) is 5.82. The molecule has 0 amide bonds. The van der Waals surface area contributed by atoms with Crippen molar-refractivity contribution in [1.29, 1.82) is 0 Å². The smallest absolute Gasteiger partial charge is 0.421 e. The maximum atomic E-state index is 13.8. The number of phenols is 1. The standard InChI is InChI=1S/C26H24N4O7/c1-26(2,3)37-25(34)30-20-22(27-21(30)18-4-6-19(31)7-5-18)28(12-16-8-10-35-14-16)24(33)29(23(20)32)13-17-9-11-36-15-17/h4-11,14-15,31H,12-13H2,1-3H3. The molecule has 190 valence electrons. The lowest BCUT2D eigenvalue weighted by Crippen LogP contribution is -2.41. The molecule has 0 spiro atoms. The van der Waals surface area contributed by atoms with E-state index >= 15 is 0 Å². The molecule has 37 heavy (non-hydrogen) atoms. The average molecular weight is 504 g/mol. The highest BCUT2D eigenvalue weighted by Gasteiger charge is 2.29. The molecule has 4 heterocycles. The highest BCUT2D eigenvalue weighted by Crippen LogP contribution is 2.26. The van der Waals surface area contributed by atoms with Gasteiger partial charge in [-0.05, 0) is 57.2 Å². The Morgan fingerprint density at radius 1 is 0.946 bits per heavy atom. The quantitative estimate of drug-likeness (QED) is 0.382. The second-order valence-electron chi connectivity index (χ2n) is 9.49. The van der Waals surface area contributed by atoms with Gasteiger partial charge in [0, 0.05) is 16.7 Å². The molecule has 5 rings (SSSR count). The van der Waals surface area contributed by atoms with Gasteiger partial charge in [-0.15, -0.1) is 0 Å². The first kappa shape index (κ1) is 23.9. The summed E-state index contributed by atoms with van der Waals surface area (Å²) in [5, 5.41) is 9.77. The summed E-state index contributed by atoms with van der Waals surface area (Å²) in [7, 11) is 0. The number of fused-ring (bicyclic) bond motifs is 1. The van der Waals surface area contributed by atoms with Crippen molar-refractivity contribution >= 4 is 17.3 Å². The monoisotopic (exact) mass is 504 g/mol. The number of aromatic hydroxyl groups is 1. The van der Waals surface area contributed by atoms with Gasteiger partial charge in [0.15, 0.2) is 17.0 Å². The summed E-state index contributed by atoms with van der Waals surface area (Å²) < 4.78 is 19.3. The van der Waals surface area contributed by atoms with Crippen LogP contribution in [-0.2, 0) is 17.8 Å². The molecule has 1 aromatic carbocycles. The van der Waals surface area contributed by atoms with Crippen molar-refractivity contribution in [2.24, 2.45) is 0 Å². The zero-order valence-electron chi connectivity index (χ0n) is 20.4. The van der Waals surface area contributed by atoms with Gasteiger partial charge in [-0.3, -0.25) is 13.9 Å². The lowest BCUT2D eigenvalue weighted by molar-refractivity contribution is 0.0546. The number of carbonyl (C=O) groups is 1. The van der Waals surface area contributed by atoms with E-state index < -0.39 is 22.9 Å². The lowest BCUT2D eigenvalue weighted by Gasteiger charge is -2.20. The maximum Gasteiger partial charge on any atom is 0.421 e. The number of aromatic nitrogens is 4. The fraction of sp³-hybridized carbons (Fsp3) is 0.231. The highest BCUT2D eigenvalue weighted by atomic mass is 16.6. The molecule has 0 aliphatic carbocycles. The Bertz CT molecular complexity index is 1680. The Hall–Kier alpha value is -4.80. The second-order valence-corrected chi connectivity index (χ2v) is 9.49. The van der Waals surface area contributed by atoms with Crippen LogP contribution >= 0.6 is 0 Å². The van der Waals surface area contributed by atoms with Gasteiger partial charge in [-0.25, -0.2) is 19.1 Å². The van der Waals surface area contributed by atoms with Crippen LogP contribution in [-0.4, -0.2) is 35.5 Å². The molecule has 0 radical (unpaired) electrons. The van der Waals surface area contributed by atoms with Crippen molar-refractivity contribution in [1.82, 2.24) is 18.7 Å². The molecule has 0 atom stereocenters. The normalized spacial score (nSPS) is 11.8. The second kappa shape index (κ2) is 9.01. The van der Waals surface area contributed by atoms with Crippen LogP contribution in [0.1, 0.15) is 31.9 Å². The summed E-state index contributed by atoms with van der Waals surface area (Å²) in [6, 6.07) is 9.31. The number of hydrogen-bond donors (Lipinski definition) is 1. The third-order valence-electron chi connectivity index (χ3n) is 5.57. The Labute approximate surface area is 209 Å². The number of benzene rings is 1. The topological polar surface area (TPSA) is 135 Å². The lowest BCUT2D eigenvalue weighted by atomic mass is 10.2. The van der Waals surface area contributed by atoms with Gasteiger partial charge in [0.05, 0.1) is 38.1 Å². The fourth-order valence-corrected chi connectivity index (χ4v) is 3.94. The molecule has 11 heteroatoms. The number of carbonyl (C=O) groups excluding carboxylic acids is 1. The van der Waals surface area contributed by atoms with Crippen LogP contribution in [0.4, 0.5) is 4.79 Å². The molecule has 0 aliphatic rings. The zero-order valence-corrected chi connectivity index (χ0v) is 20.4. The van der Waals surface area contributed by atoms with Crippen molar-refractivity contribution in [2.45, 2.75) is 39.5 Å². The van der Waals surface area contributed by atoms with E-state index in [1.807, 2.05) is 0 Å². The minimum absolute atomic E-state index is 0.00794. The molecule has 4 aromatic heterocycles. The summed E-state index contributed by atoms with van der Waals surface area (Å²) in [6.45, 7) is 5.07. The number of imidazole rings is 1. The van der Waals surface area contributed by atoms with Gasteiger partial charge in [0.25, 0.3) is 5.56 Å². The molecular formula is C26H24N4O7. The summed E-state index contributed by atoms with van der Waals surface area (Å²) in [5.74, 6) is 0.103. The maximum absolute atomic E-state index is 13.8. The van der Waals surface area contributed by atoms with Crippen molar-refractivity contribution in [3.8, 4) is 17.1 Å². The van der Waals surface area contributed by atoms with Gasteiger partial charge in [-0.1, -0.05) is 0 Å². The first-order valence-electron chi connectivity index (χ1n) is 11.4. The Morgan fingerprint density at radius 2 is 1.54 bits per heavy atom. The SMILES string of the molecule is CC(C)(C)OC(=O)n1c(-c2ccc(O)cc2)nc2c1c(=O)n(Cc1ccoc1)c(=O)n2Cc1ccoc1. The summed E-state index contributed by atoms with van der Waals surface area (Å²) >= 11 is 0. The van der Waals surface area contributed by atoms with E-state index in [0.29, 0.717) is 16.7 Å². The van der Waals surface area contributed by atoms with E-state index in [2.05, 4.69) is 4.98 Å². The molecule has 5 aromatic rings. The van der Waals surface area contributed by atoms with E-state index in [1.165, 1.54) is 41.8 Å². The number of furan rings is 2. The van der Waals surface area contributed by atoms with Crippen LogP contribution in [0.15, 0.2) is 79.9 Å². The number of hydrogen-bond acceptors (Lipinski definition) is 8.